The van der Waals surface area contributed by atoms with Crippen molar-refractivity contribution >= 4 is 19.7 Å². The van der Waals surface area contributed by atoms with Crippen LogP contribution in [0.3, 0.4) is 0 Å². The van der Waals surface area contributed by atoms with E-state index in [2.05, 4.69) is 10.6 Å². The molecule has 2 atom stereocenters. The molecule has 2 aliphatic rings. The summed E-state index contributed by atoms with van der Waals surface area (Å²) < 4.78 is 45.3. The molecule has 2 N–H and O–H groups in total. The van der Waals surface area contributed by atoms with E-state index < -0.39 is 19.7 Å². The third-order valence-corrected chi connectivity index (χ3v) is 7.97. The second-order valence-corrected chi connectivity index (χ2v) is 11.0. The van der Waals surface area contributed by atoms with Crippen LogP contribution in [0.15, 0.2) is 0 Å². The molecule has 2 fully saturated rings. The van der Waals surface area contributed by atoms with Gasteiger partial charge in [0.1, 0.15) is 0 Å². The minimum Gasteiger partial charge on any atom is -0.313 e. The number of rotatable bonds is 9. The first-order valence-corrected chi connectivity index (χ1v) is 11.9. The van der Waals surface area contributed by atoms with Gasteiger partial charge in [0.25, 0.3) is 0 Å². The van der Waals surface area contributed by atoms with E-state index in [0.717, 1.165) is 51.6 Å². The van der Waals surface area contributed by atoms with Crippen LogP contribution < -0.4 is 10.6 Å². The third kappa shape index (κ3) is 6.52. The molecule has 0 bridgehead atoms. The van der Waals surface area contributed by atoms with Gasteiger partial charge in [-0.3, -0.25) is 0 Å². The van der Waals surface area contributed by atoms with Crippen molar-refractivity contribution in [1.29, 1.82) is 0 Å². The highest BCUT2D eigenvalue weighted by atomic mass is 32.2. The largest absolute Gasteiger partial charge is 0.313 e. The van der Waals surface area contributed by atoms with E-state index in [0.29, 0.717) is 23.0 Å². The van der Waals surface area contributed by atoms with Crippen molar-refractivity contribution in [1.82, 2.24) is 10.6 Å². The van der Waals surface area contributed by atoms with E-state index in [1.165, 1.54) is 0 Å². The Labute approximate surface area is 134 Å². The molecular weight excluding hydrogens is 324 g/mol. The summed E-state index contributed by atoms with van der Waals surface area (Å²) in [5.74, 6) is 1.24. The molecule has 22 heavy (non-hydrogen) atoms. The summed E-state index contributed by atoms with van der Waals surface area (Å²) in [6.45, 7) is 1.77. The number of sulfone groups is 2. The van der Waals surface area contributed by atoms with E-state index in [-0.39, 0.29) is 12.1 Å². The molecule has 0 amide bonds. The van der Waals surface area contributed by atoms with Crippen LogP contribution in [0.25, 0.3) is 0 Å². The average molecular weight is 353 g/mol. The van der Waals surface area contributed by atoms with Crippen LogP contribution in [-0.4, -0.2) is 65.0 Å². The molecule has 2 heterocycles. The lowest BCUT2D eigenvalue weighted by atomic mass is 10.1. The molecule has 8 heteroatoms. The van der Waals surface area contributed by atoms with E-state index in [9.17, 15) is 16.8 Å². The van der Waals surface area contributed by atoms with Gasteiger partial charge >= 0.3 is 0 Å². The monoisotopic (exact) mass is 352 g/mol. The molecule has 0 aliphatic carbocycles. The van der Waals surface area contributed by atoms with Crippen molar-refractivity contribution in [2.75, 3.05) is 36.1 Å². The lowest BCUT2D eigenvalue weighted by Crippen LogP contribution is -2.31. The maximum atomic E-state index is 11.3. The average Bonchev–Trinajstić information content (AvgIpc) is 2.95. The molecule has 0 aromatic rings. The van der Waals surface area contributed by atoms with Gasteiger partial charge in [-0.25, -0.2) is 16.8 Å². The SMILES string of the molecule is O=S1(=O)CC[C@H](NCCCCCCN[C@H]2CCS(=O)(=O)C2)C1. The molecule has 6 nitrogen and oxygen atoms in total. The molecule has 0 aromatic heterocycles. The topological polar surface area (TPSA) is 92.3 Å². The fourth-order valence-corrected chi connectivity index (χ4v) is 6.54. The highest BCUT2D eigenvalue weighted by Crippen LogP contribution is 2.12. The van der Waals surface area contributed by atoms with Crippen molar-refractivity contribution in [2.24, 2.45) is 0 Å². The van der Waals surface area contributed by atoms with Gasteiger partial charge in [-0.05, 0) is 38.8 Å². The fraction of sp³-hybridized carbons (Fsp3) is 1.00. The summed E-state index contributed by atoms with van der Waals surface area (Å²) in [6, 6.07) is 0.298. The minimum atomic E-state index is -2.78. The Bertz CT molecular complexity index is 495. The zero-order valence-electron chi connectivity index (χ0n) is 13.1. The zero-order valence-corrected chi connectivity index (χ0v) is 14.7. The van der Waals surface area contributed by atoms with Crippen molar-refractivity contribution in [2.45, 2.75) is 50.6 Å². The lowest BCUT2D eigenvalue weighted by Gasteiger charge is -2.11. The van der Waals surface area contributed by atoms with E-state index in [4.69, 9.17) is 0 Å². The third-order valence-electron chi connectivity index (χ3n) is 4.43. The Morgan fingerprint density at radius 1 is 0.682 bits per heavy atom. The molecule has 0 saturated carbocycles. The van der Waals surface area contributed by atoms with Crippen LogP contribution in [0.1, 0.15) is 38.5 Å². The summed E-state index contributed by atoms with van der Waals surface area (Å²) in [5, 5.41) is 6.64. The number of hydrogen-bond acceptors (Lipinski definition) is 6. The summed E-state index contributed by atoms with van der Waals surface area (Å²) >= 11 is 0. The van der Waals surface area contributed by atoms with Crippen LogP contribution in [0, 0.1) is 0 Å². The molecule has 2 rings (SSSR count). The van der Waals surface area contributed by atoms with Gasteiger partial charge in [-0.2, -0.15) is 0 Å². The Balaban J connectivity index is 1.41. The Morgan fingerprint density at radius 3 is 1.41 bits per heavy atom. The summed E-state index contributed by atoms with van der Waals surface area (Å²) in [4.78, 5) is 0. The number of hydrogen-bond donors (Lipinski definition) is 2. The van der Waals surface area contributed by atoms with Gasteiger partial charge in [-0.1, -0.05) is 12.8 Å². The highest BCUT2D eigenvalue weighted by molar-refractivity contribution is 7.91. The van der Waals surface area contributed by atoms with Crippen LogP contribution in [-0.2, 0) is 19.7 Å². The second-order valence-electron chi connectivity index (χ2n) is 6.52. The number of unbranched alkanes of at least 4 members (excludes halogenated alkanes) is 3. The fourth-order valence-electron chi connectivity index (χ4n) is 3.13. The zero-order chi connectivity index (χ0) is 16.1. The lowest BCUT2D eigenvalue weighted by molar-refractivity contribution is 0.500. The predicted octanol–water partition coefficient (Wildman–Crippen LogP) is 0.100. The Kier molecular flexibility index (Phi) is 6.67. The molecule has 2 aliphatic heterocycles. The second kappa shape index (κ2) is 8.08. The molecule has 0 radical (unpaired) electrons. The smallest absolute Gasteiger partial charge is 0.151 e. The normalized spacial score (nSPS) is 29.8. The van der Waals surface area contributed by atoms with Crippen LogP contribution in [0.2, 0.25) is 0 Å². The van der Waals surface area contributed by atoms with E-state index >= 15 is 0 Å². The first kappa shape index (κ1) is 18.2. The van der Waals surface area contributed by atoms with Gasteiger partial charge < -0.3 is 10.6 Å². The highest BCUT2D eigenvalue weighted by Gasteiger charge is 2.27. The maximum absolute atomic E-state index is 11.3. The minimum absolute atomic E-state index is 0.149. The molecule has 0 unspecified atom stereocenters. The Morgan fingerprint density at radius 2 is 1.09 bits per heavy atom. The van der Waals surface area contributed by atoms with Gasteiger partial charge in [0.2, 0.25) is 0 Å². The van der Waals surface area contributed by atoms with Crippen molar-refractivity contribution in [3.05, 3.63) is 0 Å². The Hall–Kier alpha value is -0.180. The van der Waals surface area contributed by atoms with Gasteiger partial charge in [0, 0.05) is 12.1 Å². The van der Waals surface area contributed by atoms with E-state index in [1.807, 2.05) is 0 Å². The van der Waals surface area contributed by atoms with Gasteiger partial charge in [0.05, 0.1) is 23.0 Å². The summed E-state index contributed by atoms with van der Waals surface area (Å²) in [5.41, 5.74) is 0. The maximum Gasteiger partial charge on any atom is 0.151 e. The first-order valence-electron chi connectivity index (χ1n) is 8.24. The summed E-state index contributed by atoms with van der Waals surface area (Å²) in [7, 11) is -5.56. The van der Waals surface area contributed by atoms with Crippen LogP contribution in [0.5, 0.6) is 0 Å². The molecule has 0 aromatic carbocycles. The molecule has 2 saturated heterocycles. The van der Waals surface area contributed by atoms with Crippen LogP contribution in [0.4, 0.5) is 0 Å². The van der Waals surface area contributed by atoms with E-state index in [1.54, 1.807) is 0 Å². The quantitative estimate of drug-likeness (QED) is 0.572. The van der Waals surface area contributed by atoms with Gasteiger partial charge in [-0.15, -0.1) is 0 Å². The van der Waals surface area contributed by atoms with Gasteiger partial charge in [0.15, 0.2) is 19.7 Å². The molecule has 130 valence electrons. The molecule has 0 spiro atoms. The van der Waals surface area contributed by atoms with Crippen molar-refractivity contribution < 1.29 is 16.8 Å². The van der Waals surface area contributed by atoms with Crippen molar-refractivity contribution in [3.8, 4) is 0 Å². The first-order chi connectivity index (χ1) is 10.4. The standard InChI is InChI=1S/C14H28N2O4S2/c17-21(18)9-5-13(11-21)15-7-3-1-2-4-8-16-14-6-10-22(19,20)12-14/h13-16H,1-12H2/t13-,14-/m0/s1. The van der Waals surface area contributed by atoms with Crippen molar-refractivity contribution in [3.63, 3.8) is 0 Å². The number of nitrogens with one attached hydrogen (secondary N) is 2. The van der Waals surface area contributed by atoms with Crippen LogP contribution >= 0.6 is 0 Å². The summed E-state index contributed by atoms with van der Waals surface area (Å²) in [6.07, 6.45) is 5.87. The predicted molar refractivity (Wildman–Crippen MR) is 88.6 cm³/mol. The molecular formula is C14H28N2O4S2.